The molecule has 1 aromatic heterocycles. The van der Waals surface area contributed by atoms with Gasteiger partial charge < -0.3 is 4.42 Å². The Kier molecular flexibility index (Phi) is 3.38. The number of rotatable bonds is 4. The predicted octanol–water partition coefficient (Wildman–Crippen LogP) is 3.86. The van der Waals surface area contributed by atoms with Crippen LogP contribution in [0.15, 0.2) is 35.3 Å². The molecule has 3 heteroatoms. The van der Waals surface area contributed by atoms with Crippen LogP contribution in [-0.2, 0) is 0 Å². The minimum absolute atomic E-state index is 0.565. The number of hydrogen-bond donors (Lipinski definition) is 0. The monoisotopic (exact) mass is 228 g/mol. The Morgan fingerprint density at radius 1 is 1.24 bits per heavy atom. The van der Waals surface area contributed by atoms with Gasteiger partial charge >= 0.3 is 0 Å². The quantitative estimate of drug-likeness (QED) is 0.797. The molecule has 0 amide bonds. The predicted molar refractivity (Wildman–Crippen MR) is 68.4 cm³/mol. The summed E-state index contributed by atoms with van der Waals surface area (Å²) >= 11 is 0. The molecule has 0 fully saturated rings. The lowest BCUT2D eigenvalue weighted by Crippen LogP contribution is -1.84. The number of benzene rings is 1. The second kappa shape index (κ2) is 4.95. The highest BCUT2D eigenvalue weighted by Gasteiger charge is 2.06. The first-order chi connectivity index (χ1) is 8.20. The van der Waals surface area contributed by atoms with E-state index in [1.165, 1.54) is 11.1 Å². The lowest BCUT2D eigenvalue weighted by molar-refractivity contribution is 0.533. The topological polar surface area (TPSA) is 38.9 Å². The second-order valence-electron chi connectivity index (χ2n) is 4.06. The fraction of sp³-hybridized carbons (Fsp3) is 0.286. The van der Waals surface area contributed by atoms with Crippen molar-refractivity contribution in [1.82, 2.24) is 10.2 Å². The summed E-state index contributed by atoms with van der Waals surface area (Å²) in [6.45, 7) is 8.01. The molecule has 1 heterocycles. The number of allylic oxidation sites excluding steroid dienone is 1. The van der Waals surface area contributed by atoms with E-state index in [1.54, 1.807) is 6.92 Å². The molecule has 17 heavy (non-hydrogen) atoms. The second-order valence-corrected chi connectivity index (χ2v) is 4.06. The molecular formula is C14H16N2O. The van der Waals surface area contributed by atoms with Gasteiger partial charge in [-0.3, -0.25) is 0 Å². The van der Waals surface area contributed by atoms with E-state index in [-0.39, 0.29) is 0 Å². The van der Waals surface area contributed by atoms with Gasteiger partial charge in [0, 0.05) is 12.5 Å². The first-order valence-electron chi connectivity index (χ1n) is 5.79. The highest BCUT2D eigenvalue weighted by molar-refractivity contribution is 5.66. The van der Waals surface area contributed by atoms with Crippen molar-refractivity contribution < 1.29 is 4.42 Å². The number of hydrogen-bond acceptors (Lipinski definition) is 3. The summed E-state index contributed by atoms with van der Waals surface area (Å²) in [5.41, 5.74) is 3.28. The molecule has 0 spiro atoms. The van der Waals surface area contributed by atoms with Gasteiger partial charge in [-0.1, -0.05) is 32.1 Å². The van der Waals surface area contributed by atoms with Crippen molar-refractivity contribution in [2.24, 2.45) is 0 Å². The standard InChI is InChI=1S/C14H16N2O/c1-4-5-10(2)12-6-8-13(9-7-12)14-16-15-11(3)17-14/h6-9H,2,4-5H2,1,3H3. The van der Waals surface area contributed by atoms with E-state index in [0.29, 0.717) is 11.8 Å². The third-order valence-corrected chi connectivity index (χ3v) is 2.62. The molecule has 88 valence electrons. The van der Waals surface area contributed by atoms with E-state index in [4.69, 9.17) is 4.42 Å². The van der Waals surface area contributed by atoms with E-state index in [9.17, 15) is 0 Å². The molecule has 0 unspecified atom stereocenters. The zero-order valence-corrected chi connectivity index (χ0v) is 10.2. The van der Waals surface area contributed by atoms with Crippen LogP contribution in [0.5, 0.6) is 0 Å². The third kappa shape index (κ3) is 2.61. The molecule has 0 N–H and O–H groups in total. The van der Waals surface area contributed by atoms with Crippen LogP contribution in [0.2, 0.25) is 0 Å². The van der Waals surface area contributed by atoms with Crippen molar-refractivity contribution in [3.05, 3.63) is 42.3 Å². The molecule has 0 aliphatic heterocycles. The van der Waals surface area contributed by atoms with Crippen molar-refractivity contribution in [1.29, 1.82) is 0 Å². The maximum Gasteiger partial charge on any atom is 0.247 e. The van der Waals surface area contributed by atoms with E-state index < -0.39 is 0 Å². The van der Waals surface area contributed by atoms with Gasteiger partial charge in [0.15, 0.2) is 0 Å². The molecule has 0 aliphatic rings. The molecule has 3 nitrogen and oxygen atoms in total. The summed E-state index contributed by atoms with van der Waals surface area (Å²) in [5.74, 6) is 1.15. The molecule has 1 aromatic carbocycles. The molecule has 0 aliphatic carbocycles. The highest BCUT2D eigenvalue weighted by atomic mass is 16.4. The van der Waals surface area contributed by atoms with E-state index in [2.05, 4.69) is 23.7 Å². The Bertz CT molecular complexity index is 511. The van der Waals surface area contributed by atoms with Crippen molar-refractivity contribution in [3.8, 4) is 11.5 Å². The lowest BCUT2D eigenvalue weighted by atomic mass is 10.0. The van der Waals surface area contributed by atoms with Crippen LogP contribution in [0, 0.1) is 6.92 Å². The van der Waals surface area contributed by atoms with Crippen LogP contribution >= 0.6 is 0 Å². The Morgan fingerprint density at radius 2 is 1.94 bits per heavy atom. The van der Waals surface area contributed by atoms with Gasteiger partial charge in [0.25, 0.3) is 0 Å². The normalized spacial score (nSPS) is 10.5. The smallest absolute Gasteiger partial charge is 0.247 e. The average molecular weight is 228 g/mol. The van der Waals surface area contributed by atoms with Crippen LogP contribution in [-0.4, -0.2) is 10.2 Å². The van der Waals surface area contributed by atoms with Crippen LogP contribution < -0.4 is 0 Å². The summed E-state index contributed by atoms with van der Waals surface area (Å²) in [7, 11) is 0. The van der Waals surface area contributed by atoms with Crippen molar-refractivity contribution in [2.45, 2.75) is 26.7 Å². The van der Waals surface area contributed by atoms with Crippen LogP contribution in [0.1, 0.15) is 31.2 Å². The van der Waals surface area contributed by atoms with E-state index >= 15 is 0 Å². The van der Waals surface area contributed by atoms with E-state index in [0.717, 1.165) is 18.4 Å². The van der Waals surface area contributed by atoms with Crippen LogP contribution in [0.25, 0.3) is 17.0 Å². The number of nitrogens with zero attached hydrogens (tertiary/aromatic N) is 2. The van der Waals surface area contributed by atoms with Gasteiger partial charge in [-0.25, -0.2) is 0 Å². The first kappa shape index (κ1) is 11.6. The molecule has 0 atom stereocenters. The summed E-state index contributed by atoms with van der Waals surface area (Å²) in [6, 6.07) is 8.08. The summed E-state index contributed by atoms with van der Waals surface area (Å²) in [6.07, 6.45) is 2.14. The summed E-state index contributed by atoms with van der Waals surface area (Å²) in [4.78, 5) is 0. The van der Waals surface area contributed by atoms with E-state index in [1.807, 2.05) is 24.3 Å². The Labute approximate surface area is 101 Å². The molecule has 2 aromatic rings. The van der Waals surface area contributed by atoms with Crippen molar-refractivity contribution in [3.63, 3.8) is 0 Å². The minimum Gasteiger partial charge on any atom is -0.421 e. The Hall–Kier alpha value is -1.90. The Balaban J connectivity index is 2.21. The van der Waals surface area contributed by atoms with Gasteiger partial charge in [0.2, 0.25) is 11.8 Å². The van der Waals surface area contributed by atoms with Gasteiger partial charge in [0.05, 0.1) is 0 Å². The van der Waals surface area contributed by atoms with Gasteiger partial charge in [-0.2, -0.15) is 0 Å². The summed E-state index contributed by atoms with van der Waals surface area (Å²) in [5, 5.41) is 7.80. The highest BCUT2D eigenvalue weighted by Crippen LogP contribution is 2.22. The number of aromatic nitrogens is 2. The number of aryl methyl sites for hydroxylation is 1. The molecule has 0 radical (unpaired) electrons. The zero-order chi connectivity index (χ0) is 12.3. The largest absolute Gasteiger partial charge is 0.421 e. The van der Waals surface area contributed by atoms with Gasteiger partial charge in [-0.15, -0.1) is 10.2 Å². The zero-order valence-electron chi connectivity index (χ0n) is 10.2. The maximum absolute atomic E-state index is 5.37. The molecule has 0 saturated heterocycles. The SMILES string of the molecule is C=C(CCC)c1ccc(-c2nnc(C)o2)cc1. The van der Waals surface area contributed by atoms with Crippen molar-refractivity contribution in [2.75, 3.05) is 0 Å². The molecule has 0 saturated carbocycles. The molecular weight excluding hydrogens is 212 g/mol. The minimum atomic E-state index is 0.565. The summed E-state index contributed by atoms with van der Waals surface area (Å²) < 4.78 is 5.37. The fourth-order valence-corrected chi connectivity index (χ4v) is 1.71. The maximum atomic E-state index is 5.37. The lowest BCUT2D eigenvalue weighted by Gasteiger charge is -2.04. The molecule has 2 rings (SSSR count). The fourth-order valence-electron chi connectivity index (χ4n) is 1.71. The van der Waals surface area contributed by atoms with Crippen LogP contribution in [0.3, 0.4) is 0 Å². The van der Waals surface area contributed by atoms with Crippen molar-refractivity contribution >= 4 is 5.57 Å². The third-order valence-electron chi connectivity index (χ3n) is 2.62. The first-order valence-corrected chi connectivity index (χ1v) is 5.79. The Morgan fingerprint density at radius 3 is 2.47 bits per heavy atom. The average Bonchev–Trinajstić information content (AvgIpc) is 2.76. The molecule has 0 bridgehead atoms. The van der Waals surface area contributed by atoms with Crippen LogP contribution in [0.4, 0.5) is 0 Å². The van der Waals surface area contributed by atoms with Gasteiger partial charge in [0.1, 0.15) is 0 Å². The van der Waals surface area contributed by atoms with Gasteiger partial charge in [-0.05, 0) is 29.7 Å².